The number of nitrogens with zero attached hydrogens (tertiary/aromatic N) is 3. The molecule has 5 nitrogen and oxygen atoms in total. The molecule has 4 rings (SSSR count). The molecular formula is C18H21ClN4O. The molecule has 1 amide bonds. The van der Waals surface area contributed by atoms with Crippen molar-refractivity contribution in [2.45, 2.75) is 18.9 Å². The largest absolute Gasteiger partial charge is 0.368 e. The van der Waals surface area contributed by atoms with Gasteiger partial charge in [-0.2, -0.15) is 0 Å². The van der Waals surface area contributed by atoms with Crippen molar-refractivity contribution in [3.05, 3.63) is 35.5 Å². The predicted octanol–water partition coefficient (Wildman–Crippen LogP) is 2.29. The predicted molar refractivity (Wildman–Crippen MR) is 96.6 cm³/mol. The average molecular weight is 345 g/mol. The van der Waals surface area contributed by atoms with Crippen molar-refractivity contribution in [1.82, 2.24) is 15.2 Å². The monoisotopic (exact) mass is 344 g/mol. The van der Waals surface area contributed by atoms with Gasteiger partial charge in [-0.25, -0.2) is 0 Å². The number of hydrogen-bond acceptors (Lipinski definition) is 4. The number of halogens is 1. The van der Waals surface area contributed by atoms with Crippen LogP contribution in [-0.2, 0) is 4.79 Å². The third kappa shape index (κ3) is 3.47. The lowest BCUT2D eigenvalue weighted by atomic mass is 10.1. The van der Waals surface area contributed by atoms with E-state index in [9.17, 15) is 4.79 Å². The summed E-state index contributed by atoms with van der Waals surface area (Å²) in [5.41, 5.74) is 2.12. The minimum absolute atomic E-state index is 0.162. The lowest BCUT2D eigenvalue weighted by Gasteiger charge is -2.36. The van der Waals surface area contributed by atoms with E-state index in [1.165, 1.54) is 5.69 Å². The van der Waals surface area contributed by atoms with E-state index in [2.05, 4.69) is 26.2 Å². The molecule has 1 aliphatic heterocycles. The van der Waals surface area contributed by atoms with E-state index < -0.39 is 0 Å². The van der Waals surface area contributed by atoms with Crippen LogP contribution in [0.25, 0.3) is 10.9 Å². The molecule has 1 saturated heterocycles. The molecule has 2 heterocycles. The number of aromatic nitrogens is 1. The Balaban J connectivity index is 1.41. The van der Waals surface area contributed by atoms with Gasteiger partial charge in [-0.3, -0.25) is 14.7 Å². The SMILES string of the molecule is O=C(CN1CCN(c2ccnc3cc(Cl)ccc23)CC1)NC1CC1. The second-order valence-corrected chi connectivity index (χ2v) is 7.03. The van der Waals surface area contributed by atoms with Crippen LogP contribution in [0.3, 0.4) is 0 Å². The first-order valence-electron chi connectivity index (χ1n) is 8.50. The topological polar surface area (TPSA) is 48.5 Å². The van der Waals surface area contributed by atoms with Gasteiger partial charge < -0.3 is 10.2 Å². The second kappa shape index (κ2) is 6.57. The summed E-state index contributed by atoms with van der Waals surface area (Å²) in [6.07, 6.45) is 4.11. The molecule has 6 heteroatoms. The van der Waals surface area contributed by atoms with Gasteiger partial charge in [0, 0.05) is 54.5 Å². The lowest BCUT2D eigenvalue weighted by molar-refractivity contribution is -0.122. The van der Waals surface area contributed by atoms with Crippen molar-refractivity contribution in [1.29, 1.82) is 0 Å². The maximum absolute atomic E-state index is 11.9. The molecule has 126 valence electrons. The van der Waals surface area contributed by atoms with Crippen molar-refractivity contribution in [3.8, 4) is 0 Å². The number of hydrogen-bond donors (Lipinski definition) is 1. The molecule has 1 N–H and O–H groups in total. The summed E-state index contributed by atoms with van der Waals surface area (Å²) >= 11 is 6.07. The van der Waals surface area contributed by atoms with Crippen molar-refractivity contribution in [3.63, 3.8) is 0 Å². The Kier molecular flexibility index (Phi) is 4.29. The molecule has 0 unspecified atom stereocenters. The number of rotatable bonds is 4. The van der Waals surface area contributed by atoms with E-state index in [1.807, 2.05) is 24.4 Å². The van der Waals surface area contributed by atoms with Crippen molar-refractivity contribution in [2.75, 3.05) is 37.6 Å². The molecule has 1 saturated carbocycles. The van der Waals surface area contributed by atoms with E-state index in [-0.39, 0.29) is 5.91 Å². The Morgan fingerprint density at radius 2 is 2.00 bits per heavy atom. The highest BCUT2D eigenvalue weighted by Gasteiger charge is 2.25. The molecule has 1 aromatic carbocycles. The van der Waals surface area contributed by atoms with Crippen LogP contribution in [0.1, 0.15) is 12.8 Å². The minimum atomic E-state index is 0.162. The number of benzene rings is 1. The molecule has 0 atom stereocenters. The van der Waals surface area contributed by atoms with Crippen molar-refractivity contribution < 1.29 is 4.79 Å². The number of nitrogens with one attached hydrogen (secondary N) is 1. The third-order valence-corrected chi connectivity index (χ3v) is 4.94. The quantitative estimate of drug-likeness (QED) is 0.924. The third-order valence-electron chi connectivity index (χ3n) is 4.70. The number of carbonyl (C=O) groups excluding carboxylic acids is 1. The van der Waals surface area contributed by atoms with Crippen LogP contribution in [-0.4, -0.2) is 54.6 Å². The number of amides is 1. The standard InChI is InChI=1S/C18H21ClN4O/c19-13-1-4-15-16(11-13)20-6-5-17(15)23-9-7-22(8-10-23)12-18(24)21-14-2-3-14/h1,4-6,11,14H,2-3,7-10,12H2,(H,21,24). The van der Waals surface area contributed by atoms with Gasteiger partial charge in [0.15, 0.2) is 0 Å². The Morgan fingerprint density at radius 3 is 2.75 bits per heavy atom. The highest BCUT2D eigenvalue weighted by molar-refractivity contribution is 6.31. The number of pyridine rings is 1. The number of fused-ring (bicyclic) bond motifs is 1. The first kappa shape index (κ1) is 15.7. The summed E-state index contributed by atoms with van der Waals surface area (Å²) in [6, 6.07) is 8.35. The zero-order valence-corrected chi connectivity index (χ0v) is 14.3. The van der Waals surface area contributed by atoms with Crippen LogP contribution < -0.4 is 10.2 Å². The Hall–Kier alpha value is -1.85. The van der Waals surface area contributed by atoms with E-state index in [0.29, 0.717) is 17.6 Å². The Labute approximate surface area is 146 Å². The van der Waals surface area contributed by atoms with Gasteiger partial charge in [0.1, 0.15) is 0 Å². The fourth-order valence-electron chi connectivity index (χ4n) is 3.23. The van der Waals surface area contributed by atoms with Gasteiger partial charge in [0.2, 0.25) is 5.91 Å². The van der Waals surface area contributed by atoms with Crippen molar-refractivity contribution >= 4 is 34.1 Å². The molecule has 1 aliphatic carbocycles. The fraction of sp³-hybridized carbons (Fsp3) is 0.444. The van der Waals surface area contributed by atoms with E-state index in [0.717, 1.165) is 49.9 Å². The van der Waals surface area contributed by atoms with Crippen LogP contribution in [0.2, 0.25) is 5.02 Å². The highest BCUT2D eigenvalue weighted by atomic mass is 35.5. The maximum Gasteiger partial charge on any atom is 0.234 e. The molecule has 24 heavy (non-hydrogen) atoms. The summed E-state index contributed by atoms with van der Waals surface area (Å²) < 4.78 is 0. The second-order valence-electron chi connectivity index (χ2n) is 6.60. The number of carbonyl (C=O) groups is 1. The fourth-order valence-corrected chi connectivity index (χ4v) is 3.40. The van der Waals surface area contributed by atoms with Crippen LogP contribution >= 0.6 is 11.6 Å². The number of anilines is 1. The summed E-state index contributed by atoms with van der Waals surface area (Å²) in [5.74, 6) is 0.162. The van der Waals surface area contributed by atoms with Gasteiger partial charge in [-0.15, -0.1) is 0 Å². The summed E-state index contributed by atoms with van der Waals surface area (Å²) in [7, 11) is 0. The van der Waals surface area contributed by atoms with Crippen LogP contribution in [0, 0.1) is 0 Å². The molecule has 2 fully saturated rings. The molecule has 1 aromatic heterocycles. The van der Waals surface area contributed by atoms with Crippen LogP contribution in [0.4, 0.5) is 5.69 Å². The van der Waals surface area contributed by atoms with E-state index in [4.69, 9.17) is 11.6 Å². The summed E-state index contributed by atoms with van der Waals surface area (Å²) in [4.78, 5) is 20.9. The summed E-state index contributed by atoms with van der Waals surface area (Å²) in [5, 5.41) is 4.89. The number of piperazine rings is 1. The zero-order chi connectivity index (χ0) is 16.5. The zero-order valence-electron chi connectivity index (χ0n) is 13.5. The first-order chi connectivity index (χ1) is 11.7. The van der Waals surface area contributed by atoms with Crippen LogP contribution in [0.15, 0.2) is 30.5 Å². The van der Waals surface area contributed by atoms with Gasteiger partial charge in [0.25, 0.3) is 0 Å². The van der Waals surface area contributed by atoms with Gasteiger partial charge in [-0.1, -0.05) is 11.6 Å². The first-order valence-corrected chi connectivity index (χ1v) is 8.88. The molecule has 0 bridgehead atoms. The lowest BCUT2D eigenvalue weighted by Crippen LogP contribution is -2.49. The molecule has 2 aromatic rings. The molecule has 2 aliphatic rings. The normalized spacial score (nSPS) is 18.8. The van der Waals surface area contributed by atoms with Crippen LogP contribution in [0.5, 0.6) is 0 Å². The minimum Gasteiger partial charge on any atom is -0.368 e. The van der Waals surface area contributed by atoms with Crippen molar-refractivity contribution in [2.24, 2.45) is 0 Å². The molecule has 0 spiro atoms. The highest BCUT2D eigenvalue weighted by Crippen LogP contribution is 2.28. The molecular weight excluding hydrogens is 324 g/mol. The summed E-state index contributed by atoms with van der Waals surface area (Å²) in [6.45, 7) is 4.14. The maximum atomic E-state index is 11.9. The average Bonchev–Trinajstić information content (AvgIpc) is 3.38. The van der Waals surface area contributed by atoms with E-state index in [1.54, 1.807) is 0 Å². The Morgan fingerprint density at radius 1 is 1.21 bits per heavy atom. The van der Waals surface area contributed by atoms with E-state index >= 15 is 0 Å². The van der Waals surface area contributed by atoms with Gasteiger partial charge in [0.05, 0.1) is 12.1 Å². The smallest absolute Gasteiger partial charge is 0.234 e. The van der Waals surface area contributed by atoms with Gasteiger partial charge >= 0.3 is 0 Å². The Bertz CT molecular complexity index is 754. The van der Waals surface area contributed by atoms with Gasteiger partial charge in [-0.05, 0) is 37.1 Å². The molecule has 0 radical (unpaired) electrons.